The quantitative estimate of drug-likeness (QED) is 0.552. The molecule has 0 aliphatic heterocycles. The number of alkyl halides is 3. The predicted molar refractivity (Wildman–Crippen MR) is 81.7 cm³/mol. The number of rotatable bonds is 2. The van der Waals surface area contributed by atoms with Gasteiger partial charge >= 0.3 is 95.2 Å². The molecular formula is C19H15F3I-. The Bertz CT molecular complexity index is 643. The van der Waals surface area contributed by atoms with E-state index in [2.05, 4.69) is 60.7 Å². The van der Waals surface area contributed by atoms with Crippen LogP contribution in [0.4, 0.5) is 13.2 Å². The van der Waals surface area contributed by atoms with Crippen molar-refractivity contribution in [3.63, 3.8) is 0 Å². The van der Waals surface area contributed by atoms with Gasteiger partial charge in [-0.2, -0.15) is 13.2 Å². The Balaban J connectivity index is 0.000000174. The molecule has 0 unspecified atom stereocenters. The van der Waals surface area contributed by atoms with Gasteiger partial charge in [0.1, 0.15) is 0 Å². The van der Waals surface area contributed by atoms with E-state index in [0.717, 1.165) is 12.1 Å². The molecule has 0 atom stereocenters. The van der Waals surface area contributed by atoms with Crippen LogP contribution in [0, 0.1) is 7.14 Å². The third-order valence-electron chi connectivity index (χ3n) is 2.79. The first kappa shape index (κ1) is 17.5. The van der Waals surface area contributed by atoms with Crippen molar-refractivity contribution < 1.29 is 34.4 Å². The second-order valence-electron chi connectivity index (χ2n) is 4.55. The molecule has 0 N–H and O–H groups in total. The Morgan fingerprint density at radius 3 is 1.17 bits per heavy atom. The normalized spacial score (nSPS) is 10.7. The zero-order valence-corrected chi connectivity index (χ0v) is 14.3. The molecule has 3 aromatic rings. The van der Waals surface area contributed by atoms with Crippen molar-refractivity contribution in [2.45, 2.75) is 6.18 Å². The average Bonchev–Trinajstić information content (AvgIpc) is 2.57. The number of hydrogen-bond donors (Lipinski definition) is 0. The monoisotopic (exact) mass is 427 g/mol. The van der Waals surface area contributed by atoms with Crippen molar-refractivity contribution in [1.82, 2.24) is 0 Å². The van der Waals surface area contributed by atoms with Crippen LogP contribution in [0.1, 0.15) is 5.56 Å². The summed E-state index contributed by atoms with van der Waals surface area (Å²) < 4.78 is 38.3. The molecule has 0 amide bonds. The number of benzene rings is 3. The van der Waals surface area contributed by atoms with E-state index in [1.807, 2.05) is 0 Å². The fraction of sp³-hybridized carbons (Fsp3) is 0.0526. The Morgan fingerprint density at radius 1 is 0.522 bits per heavy atom. The van der Waals surface area contributed by atoms with Gasteiger partial charge in [0.05, 0.1) is 5.56 Å². The summed E-state index contributed by atoms with van der Waals surface area (Å²) in [5.74, 6) is 0. The summed E-state index contributed by atoms with van der Waals surface area (Å²) in [6.07, 6.45) is -4.21. The van der Waals surface area contributed by atoms with Crippen LogP contribution >= 0.6 is 0 Å². The number of halogens is 4. The second-order valence-corrected chi connectivity index (χ2v) is 7.58. The van der Waals surface area contributed by atoms with Gasteiger partial charge in [-0.05, 0) is 0 Å². The standard InChI is InChI=1S/C12H10I.C7H5F3/c1-3-7-11(8-4-1)13-12-9-5-2-6-10-12;8-7(9,10)6-4-2-1-3-5-6/h1-10H;1-5H/q-1;. The van der Waals surface area contributed by atoms with E-state index < -0.39 is 11.7 Å². The van der Waals surface area contributed by atoms with E-state index in [0.29, 0.717) is 0 Å². The third-order valence-corrected chi connectivity index (χ3v) is 5.47. The van der Waals surface area contributed by atoms with Gasteiger partial charge in [-0.3, -0.25) is 0 Å². The van der Waals surface area contributed by atoms with Crippen LogP contribution in [0.15, 0.2) is 91.0 Å². The van der Waals surface area contributed by atoms with Crippen molar-refractivity contribution in [2.24, 2.45) is 0 Å². The summed E-state index contributed by atoms with van der Waals surface area (Å²) in [6.45, 7) is 0. The first-order chi connectivity index (χ1) is 11.1. The molecule has 23 heavy (non-hydrogen) atoms. The van der Waals surface area contributed by atoms with Gasteiger partial charge < -0.3 is 0 Å². The summed E-state index contributed by atoms with van der Waals surface area (Å²) in [4.78, 5) is 0. The molecule has 120 valence electrons. The summed E-state index contributed by atoms with van der Waals surface area (Å²) in [5.41, 5.74) is -0.602. The zero-order valence-electron chi connectivity index (χ0n) is 12.2. The first-order valence-electron chi connectivity index (χ1n) is 6.93. The Kier molecular flexibility index (Phi) is 6.65. The van der Waals surface area contributed by atoms with E-state index in [-0.39, 0.29) is 21.2 Å². The van der Waals surface area contributed by atoms with Gasteiger partial charge in [-0.1, -0.05) is 30.3 Å². The first-order valence-corrected chi connectivity index (χ1v) is 9.08. The van der Waals surface area contributed by atoms with Crippen LogP contribution in [0.2, 0.25) is 0 Å². The van der Waals surface area contributed by atoms with Crippen LogP contribution in [0.5, 0.6) is 0 Å². The molecule has 0 radical (unpaired) electrons. The van der Waals surface area contributed by atoms with Crippen molar-refractivity contribution >= 4 is 0 Å². The molecule has 0 aliphatic carbocycles. The Hall–Kier alpha value is -1.82. The van der Waals surface area contributed by atoms with Crippen molar-refractivity contribution in [3.8, 4) is 0 Å². The molecular weight excluding hydrogens is 412 g/mol. The van der Waals surface area contributed by atoms with Crippen molar-refractivity contribution in [1.29, 1.82) is 0 Å². The summed E-state index contributed by atoms with van der Waals surface area (Å²) in [5, 5.41) is 0. The van der Waals surface area contributed by atoms with E-state index in [9.17, 15) is 13.2 Å². The van der Waals surface area contributed by atoms with E-state index in [1.165, 1.54) is 19.3 Å². The van der Waals surface area contributed by atoms with Crippen molar-refractivity contribution in [3.05, 3.63) is 104 Å². The van der Waals surface area contributed by atoms with E-state index in [1.54, 1.807) is 6.07 Å². The molecule has 3 rings (SSSR count). The summed E-state index contributed by atoms with van der Waals surface area (Å²) >= 11 is 0.0287. The average molecular weight is 427 g/mol. The molecule has 0 spiro atoms. The van der Waals surface area contributed by atoms with Gasteiger partial charge in [-0.25, -0.2) is 0 Å². The van der Waals surface area contributed by atoms with Gasteiger partial charge in [-0.15, -0.1) is 0 Å². The SMILES string of the molecule is FC(F)(F)c1ccccc1.c1ccc([I-]c2ccccc2)cc1. The van der Waals surface area contributed by atoms with Gasteiger partial charge in [0.15, 0.2) is 0 Å². The van der Waals surface area contributed by atoms with Crippen LogP contribution in [-0.4, -0.2) is 0 Å². The summed E-state index contributed by atoms with van der Waals surface area (Å²) in [6, 6.07) is 27.8. The molecule has 3 aromatic carbocycles. The van der Waals surface area contributed by atoms with Crippen LogP contribution in [0.3, 0.4) is 0 Å². The van der Waals surface area contributed by atoms with Crippen molar-refractivity contribution in [2.75, 3.05) is 0 Å². The minimum atomic E-state index is -4.21. The molecule has 4 heteroatoms. The minimum absolute atomic E-state index is 0.0287. The van der Waals surface area contributed by atoms with Crippen LogP contribution < -0.4 is 21.2 Å². The molecule has 0 aromatic heterocycles. The number of hydrogen-bond acceptors (Lipinski definition) is 0. The van der Waals surface area contributed by atoms with Gasteiger partial charge in [0, 0.05) is 0 Å². The molecule has 0 bridgehead atoms. The Morgan fingerprint density at radius 2 is 0.870 bits per heavy atom. The molecule has 0 heterocycles. The van der Waals surface area contributed by atoms with Crippen LogP contribution in [0.25, 0.3) is 0 Å². The van der Waals surface area contributed by atoms with E-state index >= 15 is 0 Å². The van der Waals surface area contributed by atoms with Crippen LogP contribution in [-0.2, 0) is 6.18 Å². The maximum absolute atomic E-state index is 11.8. The van der Waals surface area contributed by atoms with Gasteiger partial charge in [0.2, 0.25) is 0 Å². The molecule has 0 aliphatic rings. The fourth-order valence-corrected chi connectivity index (χ4v) is 3.98. The maximum atomic E-state index is 11.8. The van der Waals surface area contributed by atoms with Gasteiger partial charge in [0.25, 0.3) is 0 Å². The fourth-order valence-electron chi connectivity index (χ4n) is 1.71. The zero-order chi connectivity index (χ0) is 16.5. The second kappa shape index (κ2) is 8.72. The predicted octanol–water partition coefficient (Wildman–Crippen LogP) is 2.52. The summed E-state index contributed by atoms with van der Waals surface area (Å²) in [7, 11) is 0. The molecule has 0 saturated heterocycles. The van der Waals surface area contributed by atoms with E-state index in [4.69, 9.17) is 0 Å². The molecule has 0 fully saturated rings. The molecule has 0 nitrogen and oxygen atoms in total. The molecule has 0 saturated carbocycles. The third kappa shape index (κ3) is 6.44. The topological polar surface area (TPSA) is 0 Å². The Labute approximate surface area is 144 Å².